The number of rotatable bonds is 6. The van der Waals surface area contributed by atoms with Crippen LogP contribution in [0.15, 0.2) is 30.3 Å². The highest BCUT2D eigenvalue weighted by atomic mass is 32.2. The molecule has 0 fully saturated rings. The van der Waals surface area contributed by atoms with Crippen molar-refractivity contribution in [3.05, 3.63) is 35.9 Å². The highest BCUT2D eigenvalue weighted by molar-refractivity contribution is 7.88. The molecule has 6 heteroatoms. The van der Waals surface area contributed by atoms with Gasteiger partial charge in [-0.15, -0.1) is 0 Å². The molecule has 0 N–H and O–H groups in total. The summed E-state index contributed by atoms with van der Waals surface area (Å²) in [5.41, 5.74) is 0.695. The van der Waals surface area contributed by atoms with Gasteiger partial charge in [-0.2, -0.15) is 4.31 Å². The van der Waals surface area contributed by atoms with Gasteiger partial charge in [0.15, 0.2) is 0 Å². The van der Waals surface area contributed by atoms with Crippen molar-refractivity contribution in [2.24, 2.45) is 0 Å². The van der Waals surface area contributed by atoms with Crippen LogP contribution >= 0.6 is 0 Å². The second-order valence-electron chi connectivity index (χ2n) is 3.74. The predicted octanol–water partition coefficient (Wildman–Crippen LogP) is 1.01. The van der Waals surface area contributed by atoms with Crippen LogP contribution < -0.4 is 0 Å². The van der Waals surface area contributed by atoms with E-state index in [1.54, 1.807) is 31.2 Å². The third kappa shape index (κ3) is 4.12. The maximum absolute atomic E-state index is 12.1. The number of likely N-dealkylation sites (N-methyl/N-ethyl adjacent to an activating group) is 1. The molecule has 1 aromatic carbocycles. The fourth-order valence-electron chi connectivity index (χ4n) is 1.49. The van der Waals surface area contributed by atoms with Crippen LogP contribution in [0.3, 0.4) is 0 Å². The van der Waals surface area contributed by atoms with Crippen LogP contribution in [0.25, 0.3) is 0 Å². The first-order valence-corrected chi connectivity index (χ1v) is 7.19. The van der Waals surface area contributed by atoms with Gasteiger partial charge in [0.25, 0.3) is 0 Å². The van der Waals surface area contributed by atoms with E-state index in [1.807, 2.05) is 6.07 Å². The Hall–Kier alpha value is -1.40. The summed E-state index contributed by atoms with van der Waals surface area (Å²) in [4.78, 5) is 11.2. The first-order valence-electron chi connectivity index (χ1n) is 5.58. The lowest BCUT2D eigenvalue weighted by Gasteiger charge is -2.19. The molecule has 0 saturated carbocycles. The minimum atomic E-state index is -3.50. The molecule has 0 aromatic heterocycles. The minimum Gasteiger partial charge on any atom is -0.468 e. The van der Waals surface area contributed by atoms with E-state index in [0.29, 0.717) is 5.56 Å². The number of carbonyl (C=O) groups excluding carboxylic acids is 1. The Bertz CT molecular complexity index is 484. The topological polar surface area (TPSA) is 63.7 Å². The van der Waals surface area contributed by atoms with Crippen molar-refractivity contribution in [2.45, 2.75) is 12.7 Å². The highest BCUT2D eigenvalue weighted by Gasteiger charge is 2.23. The van der Waals surface area contributed by atoms with E-state index in [1.165, 1.54) is 7.11 Å². The lowest BCUT2D eigenvalue weighted by Crippen LogP contribution is -2.36. The number of methoxy groups -OCH3 is 1. The largest absolute Gasteiger partial charge is 0.468 e. The summed E-state index contributed by atoms with van der Waals surface area (Å²) in [6.07, 6.45) is 0. The summed E-state index contributed by atoms with van der Waals surface area (Å²) in [5, 5.41) is 0. The van der Waals surface area contributed by atoms with Crippen LogP contribution in [-0.2, 0) is 25.3 Å². The Morgan fingerprint density at radius 3 is 2.39 bits per heavy atom. The second-order valence-corrected chi connectivity index (χ2v) is 5.71. The molecule has 0 heterocycles. The van der Waals surface area contributed by atoms with Gasteiger partial charge in [-0.05, 0) is 5.56 Å². The standard InChI is InChI=1S/C12H17NO4S/c1-3-13(9-12(14)17-2)18(15,16)10-11-7-5-4-6-8-11/h4-8H,3,9-10H2,1-2H3. The molecule has 100 valence electrons. The first kappa shape index (κ1) is 14.7. The van der Waals surface area contributed by atoms with Crippen molar-refractivity contribution in [1.82, 2.24) is 4.31 Å². The Morgan fingerprint density at radius 2 is 1.89 bits per heavy atom. The summed E-state index contributed by atoms with van der Waals surface area (Å²) >= 11 is 0. The zero-order chi connectivity index (χ0) is 13.6. The quantitative estimate of drug-likeness (QED) is 0.724. The summed E-state index contributed by atoms with van der Waals surface area (Å²) in [6.45, 7) is 1.68. The molecule has 1 aromatic rings. The Labute approximate surface area is 107 Å². The average molecular weight is 271 g/mol. The van der Waals surface area contributed by atoms with Crippen LogP contribution in [0.2, 0.25) is 0 Å². The molecule has 0 radical (unpaired) electrons. The van der Waals surface area contributed by atoms with Gasteiger partial charge in [-0.3, -0.25) is 4.79 Å². The van der Waals surface area contributed by atoms with Crippen LogP contribution in [0, 0.1) is 0 Å². The van der Waals surface area contributed by atoms with Crippen molar-refractivity contribution in [3.8, 4) is 0 Å². The molecule has 0 aliphatic rings. The van der Waals surface area contributed by atoms with Gasteiger partial charge in [0.1, 0.15) is 6.54 Å². The summed E-state index contributed by atoms with van der Waals surface area (Å²) < 4.78 is 29.8. The highest BCUT2D eigenvalue weighted by Crippen LogP contribution is 2.10. The molecule has 0 amide bonds. The third-order valence-electron chi connectivity index (χ3n) is 2.47. The van der Waals surface area contributed by atoms with Crippen LogP contribution in [0.5, 0.6) is 0 Å². The monoisotopic (exact) mass is 271 g/mol. The molecule has 0 saturated heterocycles. The van der Waals surface area contributed by atoms with E-state index in [4.69, 9.17) is 0 Å². The lowest BCUT2D eigenvalue weighted by molar-refractivity contribution is -0.140. The molecule has 5 nitrogen and oxygen atoms in total. The zero-order valence-electron chi connectivity index (χ0n) is 10.5. The van der Waals surface area contributed by atoms with Gasteiger partial charge in [-0.25, -0.2) is 8.42 Å². The van der Waals surface area contributed by atoms with Crippen LogP contribution in [0.1, 0.15) is 12.5 Å². The van der Waals surface area contributed by atoms with E-state index in [-0.39, 0.29) is 18.8 Å². The lowest BCUT2D eigenvalue weighted by atomic mass is 10.2. The third-order valence-corrected chi connectivity index (χ3v) is 4.34. The van der Waals surface area contributed by atoms with Gasteiger partial charge in [0, 0.05) is 6.54 Å². The Morgan fingerprint density at radius 1 is 1.28 bits per heavy atom. The van der Waals surface area contributed by atoms with Crippen LogP contribution in [0.4, 0.5) is 0 Å². The minimum absolute atomic E-state index is 0.112. The van der Waals surface area contributed by atoms with E-state index in [9.17, 15) is 13.2 Å². The van der Waals surface area contributed by atoms with Crippen molar-refractivity contribution in [3.63, 3.8) is 0 Å². The number of ether oxygens (including phenoxy) is 1. The maximum Gasteiger partial charge on any atom is 0.321 e. The fraction of sp³-hybridized carbons (Fsp3) is 0.417. The van der Waals surface area contributed by atoms with Gasteiger partial charge in [0.05, 0.1) is 12.9 Å². The van der Waals surface area contributed by atoms with Crippen LogP contribution in [-0.4, -0.2) is 38.9 Å². The van der Waals surface area contributed by atoms with Gasteiger partial charge >= 0.3 is 5.97 Å². The molecular formula is C12H17NO4S. The SMILES string of the molecule is CCN(CC(=O)OC)S(=O)(=O)Cc1ccccc1. The smallest absolute Gasteiger partial charge is 0.321 e. The first-order chi connectivity index (χ1) is 8.49. The summed E-state index contributed by atoms with van der Waals surface area (Å²) in [6, 6.07) is 8.86. The van der Waals surface area contributed by atoms with Crippen molar-refractivity contribution < 1.29 is 17.9 Å². The van der Waals surface area contributed by atoms with E-state index < -0.39 is 16.0 Å². The number of carbonyl (C=O) groups is 1. The number of esters is 1. The molecule has 1 rings (SSSR count). The molecular weight excluding hydrogens is 254 g/mol. The fourth-order valence-corrected chi connectivity index (χ4v) is 2.98. The summed E-state index contributed by atoms with van der Waals surface area (Å²) in [5.74, 6) is -0.674. The number of hydrogen-bond donors (Lipinski definition) is 0. The molecule has 0 aliphatic carbocycles. The molecule has 0 unspecified atom stereocenters. The van der Waals surface area contributed by atoms with Gasteiger partial charge < -0.3 is 4.74 Å². The predicted molar refractivity (Wildman–Crippen MR) is 68.3 cm³/mol. The van der Waals surface area contributed by atoms with Gasteiger partial charge in [-0.1, -0.05) is 37.3 Å². The number of hydrogen-bond acceptors (Lipinski definition) is 4. The second kappa shape index (κ2) is 6.51. The molecule has 0 atom stereocenters. The van der Waals surface area contributed by atoms with Crippen molar-refractivity contribution in [1.29, 1.82) is 0 Å². The Balaban J connectivity index is 2.81. The van der Waals surface area contributed by atoms with Crippen molar-refractivity contribution >= 4 is 16.0 Å². The number of benzene rings is 1. The normalized spacial score (nSPS) is 11.5. The molecule has 0 spiro atoms. The molecule has 0 bridgehead atoms. The van der Waals surface area contributed by atoms with Crippen molar-refractivity contribution in [2.75, 3.05) is 20.2 Å². The van der Waals surface area contributed by atoms with E-state index >= 15 is 0 Å². The number of sulfonamides is 1. The molecule has 18 heavy (non-hydrogen) atoms. The van der Waals surface area contributed by atoms with E-state index in [2.05, 4.69) is 4.74 Å². The van der Waals surface area contributed by atoms with Gasteiger partial charge in [0.2, 0.25) is 10.0 Å². The Kier molecular flexibility index (Phi) is 5.30. The summed E-state index contributed by atoms with van der Waals surface area (Å²) in [7, 11) is -2.26. The maximum atomic E-state index is 12.1. The molecule has 0 aliphatic heterocycles. The number of nitrogens with zero attached hydrogens (tertiary/aromatic N) is 1. The zero-order valence-corrected chi connectivity index (χ0v) is 11.3. The average Bonchev–Trinajstić information content (AvgIpc) is 2.36. The van der Waals surface area contributed by atoms with E-state index in [0.717, 1.165) is 4.31 Å².